The first-order valence-electron chi connectivity index (χ1n) is 6.55. The van der Waals surface area contributed by atoms with E-state index in [1.165, 1.54) is 15.6 Å². The van der Waals surface area contributed by atoms with Gasteiger partial charge in [0.1, 0.15) is 10.0 Å². The lowest BCUT2D eigenvalue weighted by atomic mass is 9.99. The van der Waals surface area contributed by atoms with Crippen LogP contribution in [-0.4, -0.2) is 36.9 Å². The van der Waals surface area contributed by atoms with Crippen molar-refractivity contribution in [2.24, 2.45) is 16.8 Å². The number of hydrogen-bond acceptors (Lipinski definition) is 5. The molecule has 0 spiro atoms. The van der Waals surface area contributed by atoms with Crippen LogP contribution < -0.4 is 5.73 Å². The first-order valence-corrected chi connectivity index (χ1v) is 8.81. The second-order valence-corrected chi connectivity index (χ2v) is 8.13. The third kappa shape index (κ3) is 2.97. The zero-order valence-electron chi connectivity index (χ0n) is 11.3. The van der Waals surface area contributed by atoms with Gasteiger partial charge in [-0.15, -0.1) is 11.3 Å². The Morgan fingerprint density at radius 1 is 1.60 bits per heavy atom. The molecule has 1 aliphatic heterocycles. The molecule has 0 saturated carbocycles. The Hall–Kier alpha value is -1.12. The fourth-order valence-electron chi connectivity index (χ4n) is 2.30. The van der Waals surface area contributed by atoms with E-state index in [1.54, 1.807) is 6.07 Å². The van der Waals surface area contributed by atoms with Crippen molar-refractivity contribution >= 4 is 27.2 Å². The Labute approximate surface area is 122 Å². The molecule has 20 heavy (non-hydrogen) atoms. The molecule has 1 aromatic rings. The largest absolute Gasteiger partial charge is 0.409 e. The van der Waals surface area contributed by atoms with Crippen LogP contribution in [0, 0.1) is 5.92 Å². The number of nitrogens with two attached hydrogens (primary N) is 1. The molecule has 0 aliphatic carbocycles. The molecular formula is C12H19N3O3S2. The minimum absolute atomic E-state index is 0.102. The molecule has 1 atom stereocenters. The molecule has 2 rings (SSSR count). The highest BCUT2D eigenvalue weighted by molar-refractivity contribution is 7.91. The van der Waals surface area contributed by atoms with E-state index in [0.29, 0.717) is 17.2 Å². The van der Waals surface area contributed by atoms with Gasteiger partial charge < -0.3 is 10.9 Å². The molecule has 1 unspecified atom stereocenters. The van der Waals surface area contributed by atoms with E-state index in [9.17, 15) is 8.42 Å². The van der Waals surface area contributed by atoms with Gasteiger partial charge in [-0.3, -0.25) is 0 Å². The van der Waals surface area contributed by atoms with Gasteiger partial charge in [-0.2, -0.15) is 4.31 Å². The van der Waals surface area contributed by atoms with E-state index in [0.717, 1.165) is 17.7 Å². The monoisotopic (exact) mass is 317 g/mol. The Kier molecular flexibility index (Phi) is 4.66. The second kappa shape index (κ2) is 6.11. The fraction of sp³-hybridized carbons (Fsp3) is 0.583. The van der Waals surface area contributed by atoms with Crippen LogP contribution in [0.1, 0.15) is 24.6 Å². The number of nitrogens with zero attached hydrogens (tertiary/aromatic N) is 2. The average molecular weight is 317 g/mol. The van der Waals surface area contributed by atoms with Gasteiger partial charge in [0.15, 0.2) is 0 Å². The van der Waals surface area contributed by atoms with Crippen LogP contribution >= 0.6 is 11.3 Å². The number of amidine groups is 1. The maximum atomic E-state index is 12.6. The van der Waals surface area contributed by atoms with Gasteiger partial charge in [-0.1, -0.05) is 12.1 Å². The van der Waals surface area contributed by atoms with Crippen molar-refractivity contribution < 1.29 is 13.6 Å². The zero-order chi connectivity index (χ0) is 14.8. The average Bonchev–Trinajstić information content (AvgIpc) is 2.96. The lowest BCUT2D eigenvalue weighted by Gasteiger charge is -2.30. The molecule has 1 aromatic heterocycles. The lowest BCUT2D eigenvalue weighted by Crippen LogP contribution is -2.43. The molecule has 6 nitrogen and oxygen atoms in total. The van der Waals surface area contributed by atoms with Crippen molar-refractivity contribution in [1.82, 2.24) is 4.31 Å². The molecule has 112 valence electrons. The zero-order valence-corrected chi connectivity index (χ0v) is 13.0. The van der Waals surface area contributed by atoms with Crippen molar-refractivity contribution in [3.8, 4) is 0 Å². The Morgan fingerprint density at radius 2 is 2.35 bits per heavy atom. The highest BCUT2D eigenvalue weighted by Gasteiger charge is 2.32. The summed E-state index contributed by atoms with van der Waals surface area (Å²) >= 11 is 1.31. The molecule has 0 radical (unpaired) electrons. The molecule has 0 bridgehead atoms. The third-order valence-electron chi connectivity index (χ3n) is 3.50. The van der Waals surface area contributed by atoms with Crippen molar-refractivity contribution in [3.05, 3.63) is 17.0 Å². The van der Waals surface area contributed by atoms with Crippen LogP contribution in [0.4, 0.5) is 0 Å². The first kappa shape index (κ1) is 15.3. The molecule has 0 aromatic carbocycles. The standard InChI is InChI=1S/C12H19N3O3S2/c1-2-10-5-6-11(19-10)20(17,18)15-7-3-4-9(8-15)12(13)14-16/h5-6,9,16H,2-4,7-8H2,1H3,(H2,13,14). The van der Waals surface area contributed by atoms with Gasteiger partial charge in [0, 0.05) is 23.9 Å². The second-order valence-electron chi connectivity index (χ2n) is 4.80. The van der Waals surface area contributed by atoms with Crippen LogP contribution in [-0.2, 0) is 16.4 Å². The topological polar surface area (TPSA) is 96.0 Å². The summed E-state index contributed by atoms with van der Waals surface area (Å²) < 4.78 is 26.9. The third-order valence-corrected chi connectivity index (χ3v) is 7.06. The number of aryl methyl sites for hydroxylation is 1. The van der Waals surface area contributed by atoms with Gasteiger partial charge >= 0.3 is 0 Å². The molecule has 1 fully saturated rings. The van der Waals surface area contributed by atoms with Crippen molar-refractivity contribution in [2.75, 3.05) is 13.1 Å². The summed E-state index contributed by atoms with van der Waals surface area (Å²) in [5, 5.41) is 11.7. The molecule has 8 heteroatoms. The molecule has 3 N–H and O–H groups in total. The van der Waals surface area contributed by atoms with Gasteiger partial charge in [-0.05, 0) is 31.4 Å². The van der Waals surface area contributed by atoms with Crippen LogP contribution in [0.3, 0.4) is 0 Å². The summed E-state index contributed by atoms with van der Waals surface area (Å²) in [6, 6.07) is 3.51. The SMILES string of the molecule is CCc1ccc(S(=O)(=O)N2CCCC(C(N)=NO)C2)s1. The summed E-state index contributed by atoms with van der Waals surface area (Å²) in [5.74, 6) is -0.112. The highest BCUT2D eigenvalue weighted by atomic mass is 32.2. The van der Waals surface area contributed by atoms with Gasteiger partial charge in [0.25, 0.3) is 10.0 Å². The van der Waals surface area contributed by atoms with E-state index in [1.807, 2.05) is 13.0 Å². The number of piperidine rings is 1. The summed E-state index contributed by atoms with van der Waals surface area (Å²) in [4.78, 5) is 1.05. The van der Waals surface area contributed by atoms with E-state index in [4.69, 9.17) is 10.9 Å². The number of oxime groups is 1. The summed E-state index contributed by atoms with van der Waals surface area (Å²) in [5.41, 5.74) is 5.60. The quantitative estimate of drug-likeness (QED) is 0.380. The predicted molar refractivity (Wildman–Crippen MR) is 78.6 cm³/mol. The summed E-state index contributed by atoms with van der Waals surface area (Å²) in [7, 11) is -3.47. The van der Waals surface area contributed by atoms with Crippen molar-refractivity contribution in [3.63, 3.8) is 0 Å². The lowest BCUT2D eigenvalue weighted by molar-refractivity contribution is 0.287. The normalized spacial score (nSPS) is 22.1. The van der Waals surface area contributed by atoms with Gasteiger partial charge in [0.2, 0.25) is 0 Å². The fourth-order valence-corrected chi connectivity index (χ4v) is 5.27. The Balaban J connectivity index is 2.21. The van der Waals surface area contributed by atoms with Crippen LogP contribution in [0.15, 0.2) is 21.5 Å². The predicted octanol–water partition coefficient (Wildman–Crippen LogP) is 1.46. The molecule has 0 amide bonds. The number of rotatable bonds is 4. The van der Waals surface area contributed by atoms with Crippen molar-refractivity contribution in [2.45, 2.75) is 30.4 Å². The van der Waals surface area contributed by atoms with Crippen LogP contribution in [0.2, 0.25) is 0 Å². The minimum atomic E-state index is -3.47. The molecule has 1 aliphatic rings. The number of thiophene rings is 1. The van der Waals surface area contributed by atoms with E-state index in [-0.39, 0.29) is 18.3 Å². The highest BCUT2D eigenvalue weighted by Crippen LogP contribution is 2.28. The molecule has 1 saturated heterocycles. The maximum absolute atomic E-state index is 12.6. The smallest absolute Gasteiger partial charge is 0.252 e. The Morgan fingerprint density at radius 3 is 2.95 bits per heavy atom. The van der Waals surface area contributed by atoms with Crippen LogP contribution in [0.5, 0.6) is 0 Å². The van der Waals surface area contributed by atoms with Crippen LogP contribution in [0.25, 0.3) is 0 Å². The van der Waals surface area contributed by atoms with Crippen molar-refractivity contribution in [1.29, 1.82) is 0 Å². The van der Waals surface area contributed by atoms with E-state index < -0.39 is 10.0 Å². The molecule has 2 heterocycles. The van der Waals surface area contributed by atoms with E-state index in [2.05, 4.69) is 5.16 Å². The first-order chi connectivity index (χ1) is 9.48. The summed E-state index contributed by atoms with van der Waals surface area (Å²) in [6.45, 7) is 2.76. The van der Waals surface area contributed by atoms with Gasteiger partial charge in [0.05, 0.1) is 0 Å². The number of hydrogen-bond donors (Lipinski definition) is 2. The maximum Gasteiger partial charge on any atom is 0.252 e. The van der Waals surface area contributed by atoms with E-state index >= 15 is 0 Å². The van der Waals surface area contributed by atoms with Gasteiger partial charge in [-0.25, -0.2) is 8.42 Å². The minimum Gasteiger partial charge on any atom is -0.409 e. The summed E-state index contributed by atoms with van der Waals surface area (Å²) in [6.07, 6.45) is 2.28. The Bertz CT molecular complexity index is 595. The molecular weight excluding hydrogens is 298 g/mol. The number of sulfonamides is 1.